The van der Waals surface area contributed by atoms with E-state index in [0.717, 1.165) is 9.37 Å². The van der Waals surface area contributed by atoms with Crippen molar-refractivity contribution >= 4 is 39.4 Å². The molecule has 1 fully saturated rings. The van der Waals surface area contributed by atoms with E-state index in [1.165, 1.54) is 7.11 Å². The molecule has 106 valence electrons. The van der Waals surface area contributed by atoms with Crippen molar-refractivity contribution in [1.82, 2.24) is 5.32 Å². The predicted molar refractivity (Wildman–Crippen MR) is 75.1 cm³/mol. The fraction of sp³-hybridized carbons (Fsp3) is 0.308. The molecule has 1 aliphatic rings. The van der Waals surface area contributed by atoms with Gasteiger partial charge in [0.05, 0.1) is 31.8 Å². The van der Waals surface area contributed by atoms with Crippen LogP contribution in [0.25, 0.3) is 0 Å². The lowest BCUT2D eigenvalue weighted by molar-refractivity contribution is -0.139. The molecule has 1 atom stereocenters. The van der Waals surface area contributed by atoms with E-state index in [-0.39, 0.29) is 24.8 Å². The Balaban J connectivity index is 2.09. The minimum absolute atomic E-state index is 0.0336. The predicted octanol–water partition coefficient (Wildman–Crippen LogP) is 0.844. The molecule has 7 heteroatoms. The minimum atomic E-state index is -0.690. The summed E-state index contributed by atoms with van der Waals surface area (Å²) < 4.78 is 5.34. The second kappa shape index (κ2) is 6.15. The summed E-state index contributed by atoms with van der Waals surface area (Å²) in [5, 5.41) is 2.73. The van der Waals surface area contributed by atoms with E-state index < -0.39 is 12.0 Å². The number of carbonyl (C=O) groups is 3. The molecule has 0 saturated carbocycles. The van der Waals surface area contributed by atoms with Gasteiger partial charge < -0.3 is 4.74 Å². The van der Waals surface area contributed by atoms with Crippen molar-refractivity contribution in [1.29, 1.82) is 0 Å². The van der Waals surface area contributed by atoms with E-state index in [4.69, 9.17) is 0 Å². The highest BCUT2D eigenvalue weighted by Crippen LogP contribution is 2.24. The number of nitrogens with one attached hydrogen (secondary N) is 1. The third kappa shape index (κ3) is 3.05. The lowest BCUT2D eigenvalue weighted by Crippen LogP contribution is -2.41. The van der Waals surface area contributed by atoms with E-state index in [1.807, 2.05) is 0 Å². The van der Waals surface area contributed by atoms with Gasteiger partial charge in [-0.15, -0.1) is 0 Å². The maximum atomic E-state index is 12.2. The van der Waals surface area contributed by atoms with Crippen molar-refractivity contribution in [2.24, 2.45) is 0 Å². The molecule has 0 spiro atoms. The molecular weight excluding hydrogens is 328 g/mol. The number of nitrogens with zero attached hydrogens (tertiary/aromatic N) is 1. The van der Waals surface area contributed by atoms with Crippen LogP contribution < -0.4 is 10.2 Å². The zero-order valence-electron chi connectivity index (χ0n) is 10.8. The molecule has 2 rings (SSSR count). The monoisotopic (exact) mass is 340 g/mol. The van der Waals surface area contributed by atoms with Gasteiger partial charge in [-0.3, -0.25) is 19.7 Å². The SMILES string of the molecule is COC(=O)CN[C@@H]1CC(=O)N(c2ccc(Br)cc2)C1=O. The molecule has 1 heterocycles. The van der Waals surface area contributed by atoms with Gasteiger partial charge in [0.25, 0.3) is 5.91 Å². The van der Waals surface area contributed by atoms with Gasteiger partial charge in [0.15, 0.2) is 0 Å². The maximum Gasteiger partial charge on any atom is 0.319 e. The Labute approximate surface area is 124 Å². The summed E-state index contributed by atoms with van der Waals surface area (Å²) in [5.41, 5.74) is 0.519. The number of ether oxygens (including phenoxy) is 1. The summed E-state index contributed by atoms with van der Waals surface area (Å²) in [6.45, 7) is -0.103. The summed E-state index contributed by atoms with van der Waals surface area (Å²) in [7, 11) is 1.26. The number of hydrogen-bond donors (Lipinski definition) is 1. The molecule has 6 nitrogen and oxygen atoms in total. The highest BCUT2D eigenvalue weighted by atomic mass is 79.9. The maximum absolute atomic E-state index is 12.2. The van der Waals surface area contributed by atoms with E-state index in [1.54, 1.807) is 24.3 Å². The number of esters is 1. The number of halogens is 1. The van der Waals surface area contributed by atoms with Crippen LogP contribution in [0.15, 0.2) is 28.7 Å². The molecule has 1 aromatic carbocycles. The summed E-state index contributed by atoms with van der Waals surface area (Å²) in [5.74, 6) is -1.13. The number of hydrogen-bond acceptors (Lipinski definition) is 5. The molecule has 0 bridgehead atoms. The Bertz CT molecular complexity index is 544. The molecule has 0 unspecified atom stereocenters. The van der Waals surface area contributed by atoms with Crippen LogP contribution in [-0.2, 0) is 19.1 Å². The Morgan fingerprint density at radius 1 is 1.40 bits per heavy atom. The van der Waals surface area contributed by atoms with Crippen molar-refractivity contribution in [3.63, 3.8) is 0 Å². The van der Waals surface area contributed by atoms with Crippen LogP contribution in [0.1, 0.15) is 6.42 Å². The third-order valence-corrected chi connectivity index (χ3v) is 3.48. The standard InChI is InChI=1S/C13H13BrN2O4/c1-20-12(18)7-15-10-6-11(17)16(13(10)19)9-4-2-8(14)3-5-9/h2-5,10,15H,6-7H2,1H3/t10-/m1/s1. The molecule has 1 aromatic rings. The average molecular weight is 341 g/mol. The second-order valence-electron chi connectivity index (χ2n) is 4.26. The van der Waals surface area contributed by atoms with E-state index in [0.29, 0.717) is 5.69 Å². The minimum Gasteiger partial charge on any atom is -0.468 e. The van der Waals surface area contributed by atoms with E-state index >= 15 is 0 Å². The third-order valence-electron chi connectivity index (χ3n) is 2.95. The quantitative estimate of drug-likeness (QED) is 0.649. The number of amides is 2. The normalized spacial score (nSPS) is 18.5. The zero-order chi connectivity index (χ0) is 14.7. The lowest BCUT2D eigenvalue weighted by Gasteiger charge is -2.15. The summed E-state index contributed by atoms with van der Waals surface area (Å²) in [4.78, 5) is 36.3. The number of methoxy groups -OCH3 is 1. The largest absolute Gasteiger partial charge is 0.468 e. The average Bonchev–Trinajstić information content (AvgIpc) is 2.72. The zero-order valence-corrected chi connectivity index (χ0v) is 12.3. The van der Waals surface area contributed by atoms with Gasteiger partial charge in [0.2, 0.25) is 5.91 Å². The first-order valence-electron chi connectivity index (χ1n) is 5.95. The van der Waals surface area contributed by atoms with Crippen LogP contribution >= 0.6 is 15.9 Å². The van der Waals surface area contributed by atoms with E-state index in [2.05, 4.69) is 26.0 Å². The van der Waals surface area contributed by atoms with Gasteiger partial charge in [0, 0.05) is 4.47 Å². The fourth-order valence-electron chi connectivity index (χ4n) is 1.93. The topological polar surface area (TPSA) is 75.7 Å². The van der Waals surface area contributed by atoms with Crippen molar-refractivity contribution in [3.8, 4) is 0 Å². The van der Waals surface area contributed by atoms with Gasteiger partial charge in [0.1, 0.15) is 0 Å². The number of carbonyl (C=O) groups excluding carboxylic acids is 3. The Morgan fingerprint density at radius 3 is 2.65 bits per heavy atom. The fourth-order valence-corrected chi connectivity index (χ4v) is 2.20. The Kier molecular flexibility index (Phi) is 4.51. The van der Waals surface area contributed by atoms with Crippen LogP contribution in [0.5, 0.6) is 0 Å². The number of rotatable bonds is 4. The van der Waals surface area contributed by atoms with Crippen molar-refractivity contribution in [2.75, 3.05) is 18.6 Å². The van der Waals surface area contributed by atoms with Crippen LogP contribution in [0, 0.1) is 0 Å². The van der Waals surface area contributed by atoms with Crippen molar-refractivity contribution in [2.45, 2.75) is 12.5 Å². The van der Waals surface area contributed by atoms with Gasteiger partial charge in [-0.05, 0) is 24.3 Å². The lowest BCUT2D eigenvalue weighted by atomic mass is 10.2. The van der Waals surface area contributed by atoms with Crippen molar-refractivity contribution < 1.29 is 19.1 Å². The van der Waals surface area contributed by atoms with Gasteiger partial charge in [-0.2, -0.15) is 0 Å². The highest BCUT2D eigenvalue weighted by Gasteiger charge is 2.39. The van der Waals surface area contributed by atoms with Crippen LogP contribution in [-0.4, -0.2) is 37.5 Å². The molecule has 0 radical (unpaired) electrons. The molecule has 2 amide bonds. The second-order valence-corrected chi connectivity index (χ2v) is 5.17. The smallest absolute Gasteiger partial charge is 0.319 e. The Morgan fingerprint density at radius 2 is 2.05 bits per heavy atom. The molecule has 20 heavy (non-hydrogen) atoms. The van der Waals surface area contributed by atoms with Crippen LogP contribution in [0.4, 0.5) is 5.69 Å². The van der Waals surface area contributed by atoms with Gasteiger partial charge in [-0.25, -0.2) is 4.90 Å². The summed E-state index contributed by atoms with van der Waals surface area (Å²) in [6, 6.07) is 6.19. The summed E-state index contributed by atoms with van der Waals surface area (Å²) in [6.07, 6.45) is 0.0336. The summed E-state index contributed by atoms with van der Waals surface area (Å²) >= 11 is 3.29. The first kappa shape index (κ1) is 14.7. The van der Waals surface area contributed by atoms with Crippen molar-refractivity contribution in [3.05, 3.63) is 28.7 Å². The molecule has 0 aromatic heterocycles. The van der Waals surface area contributed by atoms with Crippen LogP contribution in [0.2, 0.25) is 0 Å². The first-order chi connectivity index (χ1) is 9.52. The molecular formula is C13H13BrN2O4. The van der Waals surface area contributed by atoms with Gasteiger partial charge in [-0.1, -0.05) is 15.9 Å². The van der Waals surface area contributed by atoms with Crippen LogP contribution in [0.3, 0.4) is 0 Å². The number of anilines is 1. The van der Waals surface area contributed by atoms with E-state index in [9.17, 15) is 14.4 Å². The molecule has 0 aliphatic carbocycles. The first-order valence-corrected chi connectivity index (χ1v) is 6.75. The molecule has 1 saturated heterocycles. The molecule has 1 aliphatic heterocycles. The highest BCUT2D eigenvalue weighted by molar-refractivity contribution is 9.10. The van der Waals surface area contributed by atoms with Gasteiger partial charge >= 0.3 is 5.97 Å². The molecule has 1 N–H and O–H groups in total. The number of benzene rings is 1. The number of imide groups is 1. The Hall–Kier alpha value is -1.73.